The highest BCUT2D eigenvalue weighted by atomic mass is 32.2. The number of thioether (sulfide) groups is 1. The second-order valence-corrected chi connectivity index (χ2v) is 14.5. The molecule has 0 aromatic rings. The van der Waals surface area contributed by atoms with Crippen molar-refractivity contribution in [3.05, 3.63) is 0 Å². The standard InChI is InChI=1S/C39H80S/c1-3-5-7-9-11-13-15-17-19-21-23-25-27-29-31-33-35-37-39-40-38-36-34-32-30-28-26-24-22-20-18-16-14-12-10-8-6-4-2/h3-39H2,1-2H3. The summed E-state index contributed by atoms with van der Waals surface area (Å²) in [5.41, 5.74) is 0. The molecule has 242 valence electrons. The van der Waals surface area contributed by atoms with Crippen molar-refractivity contribution in [2.24, 2.45) is 0 Å². The third-order valence-electron chi connectivity index (χ3n) is 9.03. The molecule has 40 heavy (non-hydrogen) atoms. The summed E-state index contributed by atoms with van der Waals surface area (Å²) in [6.45, 7) is 4.62. The molecule has 0 bridgehead atoms. The minimum Gasteiger partial charge on any atom is -0.162 e. The predicted molar refractivity (Wildman–Crippen MR) is 190 cm³/mol. The highest BCUT2D eigenvalue weighted by Crippen LogP contribution is 2.17. The van der Waals surface area contributed by atoms with Crippen molar-refractivity contribution < 1.29 is 0 Å². The predicted octanol–water partition coefficient (Wildman–Crippen LogP) is 15.4. The summed E-state index contributed by atoms with van der Waals surface area (Å²) in [7, 11) is 0. The van der Waals surface area contributed by atoms with Gasteiger partial charge < -0.3 is 0 Å². The van der Waals surface area contributed by atoms with Gasteiger partial charge in [-0.3, -0.25) is 0 Å². The first-order valence-electron chi connectivity index (χ1n) is 19.5. The monoisotopic (exact) mass is 581 g/mol. The Hall–Kier alpha value is 0.350. The van der Waals surface area contributed by atoms with Gasteiger partial charge in [0, 0.05) is 0 Å². The Morgan fingerprint density at radius 3 is 0.525 bits per heavy atom. The molecule has 0 fully saturated rings. The summed E-state index contributed by atoms with van der Waals surface area (Å²) in [5, 5.41) is 0. The smallest absolute Gasteiger partial charge is 0.00675 e. The van der Waals surface area contributed by atoms with E-state index in [9.17, 15) is 0 Å². The van der Waals surface area contributed by atoms with Crippen LogP contribution < -0.4 is 0 Å². The van der Waals surface area contributed by atoms with Gasteiger partial charge in [-0.1, -0.05) is 226 Å². The van der Waals surface area contributed by atoms with E-state index in [4.69, 9.17) is 0 Å². The van der Waals surface area contributed by atoms with E-state index >= 15 is 0 Å². The molecule has 0 aromatic heterocycles. The van der Waals surface area contributed by atoms with E-state index in [-0.39, 0.29) is 0 Å². The van der Waals surface area contributed by atoms with E-state index in [1.165, 1.54) is 236 Å². The van der Waals surface area contributed by atoms with Crippen molar-refractivity contribution in [2.75, 3.05) is 11.5 Å². The Bertz CT molecular complexity index is 368. The van der Waals surface area contributed by atoms with Crippen LogP contribution in [0.15, 0.2) is 0 Å². The fraction of sp³-hybridized carbons (Fsp3) is 1.00. The van der Waals surface area contributed by atoms with Crippen LogP contribution in [-0.4, -0.2) is 11.5 Å². The first-order valence-corrected chi connectivity index (χ1v) is 20.6. The maximum atomic E-state index is 2.31. The van der Waals surface area contributed by atoms with Crippen LogP contribution in [0.4, 0.5) is 0 Å². The summed E-state index contributed by atoms with van der Waals surface area (Å²) < 4.78 is 0. The van der Waals surface area contributed by atoms with Crippen LogP contribution in [0.25, 0.3) is 0 Å². The number of unbranched alkanes of at least 4 members (excludes halogenated alkanes) is 33. The molecule has 0 aliphatic carbocycles. The fourth-order valence-corrected chi connectivity index (χ4v) is 7.16. The van der Waals surface area contributed by atoms with E-state index < -0.39 is 0 Å². The first-order chi connectivity index (χ1) is 19.9. The SMILES string of the molecule is CCCCCCCCCCCCCCCCCCCCSCCCCCCCCCCCCCCCCCCC. The van der Waals surface area contributed by atoms with Crippen molar-refractivity contribution in [2.45, 2.75) is 239 Å². The van der Waals surface area contributed by atoms with Gasteiger partial charge in [-0.05, 0) is 24.3 Å². The topological polar surface area (TPSA) is 0 Å². The lowest BCUT2D eigenvalue weighted by Gasteiger charge is -2.05. The van der Waals surface area contributed by atoms with E-state index in [1.807, 2.05) is 0 Å². The summed E-state index contributed by atoms with van der Waals surface area (Å²) in [4.78, 5) is 0. The number of hydrogen-bond donors (Lipinski definition) is 0. The lowest BCUT2D eigenvalue weighted by Crippen LogP contribution is -1.87. The highest BCUT2D eigenvalue weighted by Gasteiger charge is 1.97. The number of rotatable bonds is 37. The maximum absolute atomic E-state index is 2.31. The molecule has 0 amide bonds. The molecule has 0 aromatic carbocycles. The zero-order valence-electron chi connectivity index (χ0n) is 28.6. The average molecular weight is 581 g/mol. The van der Waals surface area contributed by atoms with Crippen LogP contribution in [0.5, 0.6) is 0 Å². The molecular weight excluding hydrogens is 500 g/mol. The van der Waals surface area contributed by atoms with Gasteiger partial charge in [-0.25, -0.2) is 0 Å². The molecule has 0 rings (SSSR count). The molecule has 0 saturated carbocycles. The van der Waals surface area contributed by atoms with Gasteiger partial charge in [0.2, 0.25) is 0 Å². The van der Waals surface area contributed by atoms with Gasteiger partial charge in [0.15, 0.2) is 0 Å². The normalized spacial score (nSPS) is 11.6. The second kappa shape index (κ2) is 39.4. The number of hydrogen-bond acceptors (Lipinski definition) is 1. The molecule has 0 nitrogen and oxygen atoms in total. The second-order valence-electron chi connectivity index (χ2n) is 13.3. The summed E-state index contributed by atoms with van der Waals surface area (Å²) in [6.07, 6.45) is 51.7. The Morgan fingerprint density at radius 1 is 0.200 bits per heavy atom. The van der Waals surface area contributed by atoms with Crippen molar-refractivity contribution >= 4 is 11.8 Å². The van der Waals surface area contributed by atoms with Gasteiger partial charge >= 0.3 is 0 Å². The van der Waals surface area contributed by atoms with Crippen molar-refractivity contribution in [1.29, 1.82) is 0 Å². The van der Waals surface area contributed by atoms with Crippen molar-refractivity contribution in [3.63, 3.8) is 0 Å². The minimum absolute atomic E-state index is 1.37. The van der Waals surface area contributed by atoms with Gasteiger partial charge in [-0.15, -0.1) is 0 Å². The van der Waals surface area contributed by atoms with E-state index in [0.717, 1.165) is 0 Å². The Balaban J connectivity index is 3.01. The molecule has 0 atom stereocenters. The highest BCUT2D eigenvalue weighted by molar-refractivity contribution is 7.99. The minimum atomic E-state index is 1.37. The maximum Gasteiger partial charge on any atom is -0.00675 e. The van der Waals surface area contributed by atoms with Gasteiger partial charge in [0.05, 0.1) is 0 Å². The van der Waals surface area contributed by atoms with Crippen molar-refractivity contribution in [3.8, 4) is 0 Å². The molecule has 1 heteroatoms. The molecule has 0 N–H and O–H groups in total. The first kappa shape index (κ1) is 40.4. The molecular formula is C39H80S. The molecule has 0 spiro atoms. The van der Waals surface area contributed by atoms with Crippen LogP contribution in [0, 0.1) is 0 Å². The summed E-state index contributed by atoms with van der Waals surface area (Å²) in [5.74, 6) is 2.83. The third kappa shape index (κ3) is 38.4. The van der Waals surface area contributed by atoms with Gasteiger partial charge in [0.1, 0.15) is 0 Å². The van der Waals surface area contributed by atoms with Crippen LogP contribution in [0.3, 0.4) is 0 Å². The van der Waals surface area contributed by atoms with Crippen LogP contribution in [-0.2, 0) is 0 Å². The van der Waals surface area contributed by atoms with E-state index in [1.54, 1.807) is 0 Å². The zero-order chi connectivity index (χ0) is 28.9. The molecule has 0 aliphatic heterocycles. The van der Waals surface area contributed by atoms with Gasteiger partial charge in [0.25, 0.3) is 0 Å². The van der Waals surface area contributed by atoms with E-state index in [2.05, 4.69) is 25.6 Å². The average Bonchev–Trinajstić information content (AvgIpc) is 2.97. The molecule has 0 radical (unpaired) electrons. The molecule has 0 unspecified atom stereocenters. The van der Waals surface area contributed by atoms with Crippen LogP contribution in [0.2, 0.25) is 0 Å². The molecule has 0 saturated heterocycles. The van der Waals surface area contributed by atoms with E-state index in [0.29, 0.717) is 0 Å². The summed E-state index contributed by atoms with van der Waals surface area (Å²) >= 11 is 2.23. The fourth-order valence-electron chi connectivity index (χ4n) is 6.14. The van der Waals surface area contributed by atoms with Gasteiger partial charge in [-0.2, -0.15) is 11.8 Å². The lowest BCUT2D eigenvalue weighted by molar-refractivity contribution is 0.526. The summed E-state index contributed by atoms with van der Waals surface area (Å²) in [6, 6.07) is 0. The zero-order valence-corrected chi connectivity index (χ0v) is 29.4. The van der Waals surface area contributed by atoms with Crippen LogP contribution >= 0.6 is 11.8 Å². The Morgan fingerprint density at radius 2 is 0.350 bits per heavy atom. The molecule has 0 heterocycles. The molecule has 0 aliphatic rings. The Labute approximate surface area is 261 Å². The lowest BCUT2D eigenvalue weighted by atomic mass is 10.0. The largest absolute Gasteiger partial charge is 0.162 e. The Kier molecular flexibility index (Phi) is 39.7. The van der Waals surface area contributed by atoms with Crippen molar-refractivity contribution in [1.82, 2.24) is 0 Å². The van der Waals surface area contributed by atoms with Crippen LogP contribution in [0.1, 0.15) is 239 Å². The quantitative estimate of drug-likeness (QED) is 0.0658. The third-order valence-corrected chi connectivity index (χ3v) is 10.2.